The molecule has 6 nitrogen and oxygen atoms in total. The highest BCUT2D eigenvalue weighted by molar-refractivity contribution is 5.79. The van der Waals surface area contributed by atoms with Crippen molar-refractivity contribution in [1.82, 2.24) is 20.1 Å². The van der Waals surface area contributed by atoms with E-state index in [2.05, 4.69) is 32.2 Å². The molecule has 2 aromatic heterocycles. The molecule has 27 heavy (non-hydrogen) atoms. The summed E-state index contributed by atoms with van der Waals surface area (Å²) in [6, 6.07) is 12.1. The van der Waals surface area contributed by atoms with Gasteiger partial charge in [0.05, 0.1) is 12.1 Å². The molecule has 3 heterocycles. The van der Waals surface area contributed by atoms with E-state index < -0.39 is 0 Å². The number of rotatable bonds is 4. The molecule has 0 bridgehead atoms. The Kier molecular flexibility index (Phi) is 4.62. The number of fused-ring (bicyclic) bond motifs is 1. The topological polar surface area (TPSA) is 65.1 Å². The minimum Gasteiger partial charge on any atom is -0.378 e. The van der Waals surface area contributed by atoms with Crippen molar-refractivity contribution in [2.45, 2.75) is 19.4 Å². The van der Waals surface area contributed by atoms with E-state index in [-0.39, 0.29) is 5.91 Å². The van der Waals surface area contributed by atoms with Crippen molar-refractivity contribution in [3.63, 3.8) is 0 Å². The molecule has 138 valence electrons. The summed E-state index contributed by atoms with van der Waals surface area (Å²) in [5.41, 5.74) is 6.36. The molecule has 4 rings (SSSR count). The summed E-state index contributed by atoms with van der Waals surface area (Å²) in [5.74, 6) is 0.153. The lowest BCUT2D eigenvalue weighted by Gasteiger charge is -2.27. The zero-order valence-electron chi connectivity index (χ0n) is 15.6. The van der Waals surface area contributed by atoms with Crippen LogP contribution in [-0.4, -0.2) is 46.6 Å². The summed E-state index contributed by atoms with van der Waals surface area (Å²) in [7, 11) is 4.02. The van der Waals surface area contributed by atoms with E-state index in [1.165, 1.54) is 0 Å². The smallest absolute Gasteiger partial charge is 0.227 e. The largest absolute Gasteiger partial charge is 0.378 e. The van der Waals surface area contributed by atoms with Crippen LogP contribution in [0.2, 0.25) is 0 Å². The summed E-state index contributed by atoms with van der Waals surface area (Å²) in [6.45, 7) is 1.32. The van der Waals surface area contributed by atoms with Gasteiger partial charge in [0.1, 0.15) is 0 Å². The molecule has 0 atom stereocenters. The molecule has 1 aliphatic rings. The van der Waals surface area contributed by atoms with Gasteiger partial charge in [-0.1, -0.05) is 12.1 Å². The summed E-state index contributed by atoms with van der Waals surface area (Å²) in [5, 5.41) is 7.61. The van der Waals surface area contributed by atoms with Crippen LogP contribution >= 0.6 is 0 Å². The van der Waals surface area contributed by atoms with Crippen molar-refractivity contribution in [2.75, 3.05) is 25.5 Å². The Morgan fingerprint density at radius 3 is 2.59 bits per heavy atom. The fraction of sp³-hybridized carbons (Fsp3) is 0.286. The van der Waals surface area contributed by atoms with Gasteiger partial charge in [-0.05, 0) is 29.8 Å². The van der Waals surface area contributed by atoms with Gasteiger partial charge in [0, 0.05) is 68.5 Å². The second kappa shape index (κ2) is 7.23. The van der Waals surface area contributed by atoms with Gasteiger partial charge in [0.15, 0.2) is 0 Å². The maximum Gasteiger partial charge on any atom is 0.227 e. The highest BCUT2D eigenvalue weighted by Gasteiger charge is 2.25. The highest BCUT2D eigenvalue weighted by atomic mass is 16.2. The predicted octanol–water partition coefficient (Wildman–Crippen LogP) is 2.67. The second-order valence-corrected chi connectivity index (χ2v) is 7.07. The molecule has 1 aliphatic heterocycles. The number of carbonyl (C=O) groups excluding carboxylic acids is 1. The number of amides is 1. The zero-order valence-corrected chi connectivity index (χ0v) is 15.6. The van der Waals surface area contributed by atoms with Crippen LogP contribution in [0, 0.1) is 0 Å². The van der Waals surface area contributed by atoms with Gasteiger partial charge >= 0.3 is 0 Å². The quantitative estimate of drug-likeness (QED) is 0.776. The molecule has 6 heteroatoms. The summed E-state index contributed by atoms with van der Waals surface area (Å²) in [6.07, 6.45) is 4.75. The van der Waals surface area contributed by atoms with Gasteiger partial charge in [-0.15, -0.1) is 0 Å². The first-order valence-corrected chi connectivity index (χ1v) is 9.12. The van der Waals surface area contributed by atoms with Crippen LogP contribution < -0.4 is 4.90 Å². The fourth-order valence-corrected chi connectivity index (χ4v) is 3.45. The number of nitrogens with zero attached hydrogens (tertiary/aromatic N) is 4. The first kappa shape index (κ1) is 17.3. The first-order valence-electron chi connectivity index (χ1n) is 9.12. The Morgan fingerprint density at radius 2 is 1.89 bits per heavy atom. The van der Waals surface area contributed by atoms with Gasteiger partial charge in [-0.3, -0.25) is 14.9 Å². The zero-order chi connectivity index (χ0) is 18.8. The molecule has 1 aromatic carbocycles. The molecule has 1 N–H and O–H groups in total. The van der Waals surface area contributed by atoms with E-state index in [0.29, 0.717) is 13.0 Å². The van der Waals surface area contributed by atoms with Gasteiger partial charge < -0.3 is 9.80 Å². The number of aromatic amines is 1. The van der Waals surface area contributed by atoms with Crippen molar-refractivity contribution in [1.29, 1.82) is 0 Å². The van der Waals surface area contributed by atoms with Crippen molar-refractivity contribution < 1.29 is 4.79 Å². The lowest BCUT2D eigenvalue weighted by Crippen LogP contribution is -2.36. The number of nitrogens with one attached hydrogen (secondary N) is 1. The Balaban J connectivity index is 1.49. The van der Waals surface area contributed by atoms with Crippen LogP contribution in [0.3, 0.4) is 0 Å². The van der Waals surface area contributed by atoms with Crippen molar-refractivity contribution >= 4 is 11.6 Å². The van der Waals surface area contributed by atoms with Gasteiger partial charge in [-0.2, -0.15) is 5.10 Å². The van der Waals surface area contributed by atoms with Gasteiger partial charge in [0.2, 0.25) is 5.91 Å². The SMILES string of the molecule is CN(C)c1ccc(CC(=O)N2CCc3[nH]nc(-c4ccncc4)c3C2)cc1. The van der Waals surface area contributed by atoms with Crippen molar-refractivity contribution in [2.24, 2.45) is 0 Å². The number of pyridine rings is 1. The Labute approximate surface area is 158 Å². The molecule has 3 aromatic rings. The Bertz CT molecular complexity index is 931. The minimum absolute atomic E-state index is 0.153. The van der Waals surface area contributed by atoms with Gasteiger partial charge in [0.25, 0.3) is 0 Å². The monoisotopic (exact) mass is 361 g/mol. The van der Waals surface area contributed by atoms with E-state index >= 15 is 0 Å². The summed E-state index contributed by atoms with van der Waals surface area (Å²) < 4.78 is 0. The van der Waals surface area contributed by atoms with Crippen LogP contribution in [-0.2, 0) is 24.2 Å². The second-order valence-electron chi connectivity index (χ2n) is 7.07. The average Bonchev–Trinajstić information content (AvgIpc) is 3.12. The number of aromatic nitrogens is 3. The van der Waals surface area contributed by atoms with Crippen LogP contribution in [0.15, 0.2) is 48.8 Å². The normalized spacial score (nSPS) is 13.3. The average molecular weight is 361 g/mol. The highest BCUT2D eigenvalue weighted by Crippen LogP contribution is 2.28. The molecule has 0 saturated carbocycles. The van der Waals surface area contributed by atoms with Crippen LogP contribution in [0.1, 0.15) is 16.8 Å². The Morgan fingerprint density at radius 1 is 1.15 bits per heavy atom. The maximum absolute atomic E-state index is 12.8. The molecule has 1 amide bonds. The molecule has 0 unspecified atom stereocenters. The van der Waals surface area contributed by atoms with Crippen LogP contribution in [0.25, 0.3) is 11.3 Å². The van der Waals surface area contributed by atoms with Crippen LogP contribution in [0.4, 0.5) is 5.69 Å². The Hall–Kier alpha value is -3.15. The number of hydrogen-bond acceptors (Lipinski definition) is 4. The molecule has 0 aliphatic carbocycles. The maximum atomic E-state index is 12.8. The molecular weight excluding hydrogens is 338 g/mol. The number of carbonyl (C=O) groups is 1. The van der Waals surface area contributed by atoms with E-state index in [1.54, 1.807) is 12.4 Å². The molecule has 0 spiro atoms. The van der Waals surface area contributed by atoms with Crippen molar-refractivity contribution in [3.05, 3.63) is 65.6 Å². The van der Waals surface area contributed by atoms with E-state index in [1.807, 2.05) is 43.3 Å². The molecular formula is C21H23N5O. The molecule has 0 saturated heterocycles. The van der Waals surface area contributed by atoms with Crippen LogP contribution in [0.5, 0.6) is 0 Å². The molecule has 0 radical (unpaired) electrons. The summed E-state index contributed by atoms with van der Waals surface area (Å²) in [4.78, 5) is 20.9. The first-order chi connectivity index (χ1) is 13.1. The number of H-pyrrole nitrogens is 1. The third kappa shape index (κ3) is 3.56. The van der Waals surface area contributed by atoms with Gasteiger partial charge in [-0.25, -0.2) is 0 Å². The van der Waals surface area contributed by atoms with E-state index in [4.69, 9.17) is 0 Å². The lowest BCUT2D eigenvalue weighted by atomic mass is 10.0. The molecule has 0 fully saturated rings. The van der Waals surface area contributed by atoms with E-state index in [0.717, 1.165) is 46.7 Å². The predicted molar refractivity (Wildman–Crippen MR) is 105 cm³/mol. The fourth-order valence-electron chi connectivity index (χ4n) is 3.45. The minimum atomic E-state index is 0.153. The van der Waals surface area contributed by atoms with E-state index in [9.17, 15) is 4.79 Å². The standard InChI is InChI=1S/C21H23N5O/c1-25(2)17-5-3-15(4-6-17)13-20(27)26-12-9-19-18(14-26)21(24-23-19)16-7-10-22-11-8-16/h3-8,10-11H,9,12-14H2,1-2H3,(H,23,24). The third-order valence-corrected chi connectivity index (χ3v) is 5.05. The third-order valence-electron chi connectivity index (χ3n) is 5.05. The number of benzene rings is 1. The number of anilines is 1. The summed E-state index contributed by atoms with van der Waals surface area (Å²) >= 11 is 0. The number of hydrogen-bond donors (Lipinski definition) is 1. The lowest BCUT2D eigenvalue weighted by molar-refractivity contribution is -0.131. The van der Waals surface area contributed by atoms with Crippen molar-refractivity contribution in [3.8, 4) is 11.3 Å².